The number of rotatable bonds is 8. The first-order valence-electron chi connectivity index (χ1n) is 8.10. The largest absolute Gasteiger partial charge is 0.462 e. The number of carbonyl (C=O) groups is 1. The summed E-state index contributed by atoms with van der Waals surface area (Å²) in [4.78, 5) is 11.7. The van der Waals surface area contributed by atoms with Gasteiger partial charge in [-0.05, 0) is 18.6 Å². The van der Waals surface area contributed by atoms with Crippen LogP contribution in [0.15, 0.2) is 35.9 Å². The molecule has 0 saturated carbocycles. The average molecular weight is 494 g/mol. The van der Waals surface area contributed by atoms with Crippen molar-refractivity contribution in [2.24, 2.45) is 0 Å². The molecule has 0 aliphatic rings. The van der Waals surface area contributed by atoms with E-state index < -0.39 is 59.5 Å². The summed E-state index contributed by atoms with van der Waals surface area (Å²) in [5.41, 5.74) is -3.25. The molecule has 0 aliphatic heterocycles. The van der Waals surface area contributed by atoms with Crippen molar-refractivity contribution in [1.82, 2.24) is 0 Å². The van der Waals surface area contributed by atoms with Gasteiger partial charge >= 0.3 is 41.8 Å². The third kappa shape index (κ3) is 4.25. The highest BCUT2D eigenvalue weighted by Gasteiger charge is 2.91. The number of esters is 1. The van der Waals surface area contributed by atoms with E-state index in [0.717, 1.165) is 31.2 Å². The minimum Gasteiger partial charge on any atom is -0.462 e. The van der Waals surface area contributed by atoms with Crippen molar-refractivity contribution in [3.8, 4) is 0 Å². The van der Waals surface area contributed by atoms with Crippen LogP contribution in [0.25, 0.3) is 6.08 Å². The van der Waals surface area contributed by atoms with Crippen LogP contribution in [0.1, 0.15) is 12.5 Å². The lowest BCUT2D eigenvalue weighted by Gasteiger charge is -2.39. The topological polar surface area (TPSA) is 26.3 Å². The Morgan fingerprint density at radius 3 is 1.59 bits per heavy atom. The van der Waals surface area contributed by atoms with Gasteiger partial charge in [0.05, 0.1) is 6.61 Å². The van der Waals surface area contributed by atoms with Crippen LogP contribution in [0, 0.1) is 0 Å². The van der Waals surface area contributed by atoms with Crippen LogP contribution in [-0.4, -0.2) is 48.4 Å². The fraction of sp³-hybridized carbons (Fsp3) is 0.471. The van der Waals surface area contributed by atoms with Crippen molar-refractivity contribution in [2.45, 2.75) is 42.7 Å². The highest BCUT2D eigenvalue weighted by atomic mass is 19.4. The van der Waals surface area contributed by atoms with Gasteiger partial charge in [-0.2, -0.15) is 57.1 Å². The van der Waals surface area contributed by atoms with E-state index in [-0.39, 0.29) is 6.08 Å². The first-order chi connectivity index (χ1) is 14.2. The van der Waals surface area contributed by atoms with Crippen molar-refractivity contribution in [3.63, 3.8) is 0 Å². The maximum Gasteiger partial charge on any atom is 0.460 e. The Morgan fingerprint density at radius 2 is 1.19 bits per heavy atom. The molecular formula is C17H11F13O2. The molecule has 0 aromatic heterocycles. The summed E-state index contributed by atoms with van der Waals surface area (Å²) in [6.45, 7) is 0.131. The summed E-state index contributed by atoms with van der Waals surface area (Å²) in [5, 5.41) is 0. The molecule has 0 N–H and O–H groups in total. The summed E-state index contributed by atoms with van der Waals surface area (Å²) in [6, 6.07) is 5.13. The van der Waals surface area contributed by atoms with E-state index in [1.54, 1.807) is 0 Å². The summed E-state index contributed by atoms with van der Waals surface area (Å²) in [5.74, 6) is -40.7. The third-order valence-corrected chi connectivity index (χ3v) is 3.88. The zero-order valence-electron chi connectivity index (χ0n) is 15.4. The van der Waals surface area contributed by atoms with Gasteiger partial charge in [-0.25, -0.2) is 4.79 Å². The van der Waals surface area contributed by atoms with Gasteiger partial charge in [0, 0.05) is 0 Å². The second-order valence-electron chi connectivity index (χ2n) is 6.06. The van der Waals surface area contributed by atoms with Gasteiger partial charge in [0.2, 0.25) is 0 Å². The van der Waals surface area contributed by atoms with Crippen molar-refractivity contribution in [3.05, 3.63) is 41.5 Å². The minimum absolute atomic E-state index is 0.192. The summed E-state index contributed by atoms with van der Waals surface area (Å²) in [6.07, 6.45) is -7.71. The molecule has 0 bridgehead atoms. The van der Waals surface area contributed by atoms with Crippen LogP contribution < -0.4 is 0 Å². The zero-order valence-corrected chi connectivity index (χ0v) is 15.4. The lowest BCUT2D eigenvalue weighted by atomic mass is 9.89. The van der Waals surface area contributed by atoms with E-state index in [1.165, 1.54) is 6.07 Å². The van der Waals surface area contributed by atoms with Crippen LogP contribution in [-0.2, 0) is 9.53 Å². The summed E-state index contributed by atoms with van der Waals surface area (Å²) < 4.78 is 177. The Labute approximate surface area is 170 Å². The van der Waals surface area contributed by atoms with Crippen LogP contribution in [0.3, 0.4) is 0 Å². The Kier molecular flexibility index (Phi) is 7.29. The Morgan fingerprint density at radius 1 is 0.750 bits per heavy atom. The van der Waals surface area contributed by atoms with Gasteiger partial charge < -0.3 is 4.74 Å². The number of benzene rings is 1. The van der Waals surface area contributed by atoms with E-state index in [4.69, 9.17) is 0 Å². The second kappa shape index (κ2) is 8.46. The minimum atomic E-state index is -8.06. The van der Waals surface area contributed by atoms with Gasteiger partial charge in [0.1, 0.15) is 5.57 Å². The van der Waals surface area contributed by atoms with Crippen LogP contribution in [0.5, 0.6) is 0 Å². The quantitative estimate of drug-likeness (QED) is 0.239. The molecule has 2 nitrogen and oxygen atoms in total. The van der Waals surface area contributed by atoms with Gasteiger partial charge in [0.25, 0.3) is 0 Å². The average Bonchev–Trinajstić information content (AvgIpc) is 2.65. The van der Waals surface area contributed by atoms with Crippen LogP contribution >= 0.6 is 0 Å². The van der Waals surface area contributed by atoms with E-state index >= 15 is 0 Å². The Balaban J connectivity index is 3.74. The number of halogens is 13. The smallest absolute Gasteiger partial charge is 0.460 e. The first kappa shape index (κ1) is 27.6. The predicted molar refractivity (Wildman–Crippen MR) is 81.8 cm³/mol. The number of hydrogen-bond donors (Lipinski definition) is 0. The van der Waals surface area contributed by atoms with Crippen molar-refractivity contribution >= 4 is 12.0 Å². The number of hydrogen-bond acceptors (Lipinski definition) is 2. The normalized spacial score (nSPS) is 15.0. The van der Waals surface area contributed by atoms with E-state index in [1.807, 2.05) is 0 Å². The number of alkyl halides is 13. The molecule has 0 saturated heterocycles. The molecule has 0 atom stereocenters. The standard InChI is InChI=1S/C17H11F13O2/c1-2-32-11(31)10(8-9-6-4-3-5-7-9)12(18,19)13(20,21)14(22,23)15(24,25)16(26,27)17(28,29)30/h3-8H,2H2,1H3/b10-8+. The highest BCUT2D eigenvalue weighted by Crippen LogP contribution is 2.61. The number of carbonyl (C=O) groups excluding carboxylic acids is 1. The molecule has 32 heavy (non-hydrogen) atoms. The first-order valence-corrected chi connectivity index (χ1v) is 8.10. The lowest BCUT2D eigenvalue weighted by Crippen LogP contribution is -2.70. The molecule has 0 unspecified atom stereocenters. The second-order valence-corrected chi connectivity index (χ2v) is 6.06. The maximum absolute atomic E-state index is 14.4. The molecule has 1 aromatic rings. The molecular weight excluding hydrogens is 483 g/mol. The highest BCUT2D eigenvalue weighted by molar-refractivity contribution is 5.95. The lowest BCUT2D eigenvalue weighted by molar-refractivity contribution is -0.436. The molecule has 1 aromatic carbocycles. The Bertz CT molecular complexity index is 842. The summed E-state index contributed by atoms with van der Waals surface area (Å²) in [7, 11) is 0. The third-order valence-electron chi connectivity index (χ3n) is 3.88. The maximum atomic E-state index is 14.4. The van der Waals surface area contributed by atoms with Gasteiger partial charge in [-0.3, -0.25) is 0 Å². The van der Waals surface area contributed by atoms with E-state index in [2.05, 4.69) is 4.74 Å². The molecule has 0 amide bonds. The zero-order chi connectivity index (χ0) is 25.4. The van der Waals surface area contributed by atoms with Gasteiger partial charge in [-0.1, -0.05) is 30.3 Å². The molecule has 0 fully saturated rings. The van der Waals surface area contributed by atoms with Crippen LogP contribution in [0.2, 0.25) is 0 Å². The molecule has 15 heteroatoms. The fourth-order valence-electron chi connectivity index (χ4n) is 2.14. The van der Waals surface area contributed by atoms with Crippen molar-refractivity contribution in [1.29, 1.82) is 0 Å². The molecule has 0 spiro atoms. The van der Waals surface area contributed by atoms with Crippen molar-refractivity contribution in [2.75, 3.05) is 6.61 Å². The van der Waals surface area contributed by atoms with E-state index in [0.29, 0.717) is 0 Å². The monoisotopic (exact) mass is 494 g/mol. The molecule has 0 heterocycles. The van der Waals surface area contributed by atoms with Crippen LogP contribution in [0.4, 0.5) is 57.1 Å². The molecule has 0 radical (unpaired) electrons. The molecule has 182 valence electrons. The number of ether oxygens (including phenoxy) is 1. The van der Waals surface area contributed by atoms with Crippen molar-refractivity contribution < 1.29 is 66.6 Å². The van der Waals surface area contributed by atoms with Gasteiger partial charge in [-0.15, -0.1) is 0 Å². The molecule has 1 rings (SSSR count). The Hall–Kier alpha value is -2.48. The fourth-order valence-corrected chi connectivity index (χ4v) is 2.14. The predicted octanol–water partition coefficient (Wildman–Crippen LogP) is 6.37. The SMILES string of the molecule is CCOC(=O)/C(=C\c1ccccc1)C(F)(F)C(F)(F)C(F)(F)C(F)(F)C(F)(F)C(F)(F)F. The summed E-state index contributed by atoms with van der Waals surface area (Å²) >= 11 is 0. The molecule has 0 aliphatic carbocycles. The van der Waals surface area contributed by atoms with Gasteiger partial charge in [0.15, 0.2) is 0 Å². The van der Waals surface area contributed by atoms with E-state index in [9.17, 15) is 61.9 Å².